The highest BCUT2D eigenvalue weighted by molar-refractivity contribution is 5.92. The predicted molar refractivity (Wildman–Crippen MR) is 102 cm³/mol. The summed E-state index contributed by atoms with van der Waals surface area (Å²) >= 11 is 0. The molecule has 0 atom stereocenters. The van der Waals surface area contributed by atoms with Crippen LogP contribution >= 0.6 is 0 Å². The number of nitrogens with one attached hydrogen (secondary N) is 1. The Kier molecular flexibility index (Phi) is 6.30. The average Bonchev–Trinajstić information content (AvgIpc) is 2.87. The number of imidazole rings is 1. The van der Waals surface area contributed by atoms with Gasteiger partial charge in [-0.15, -0.1) is 0 Å². The summed E-state index contributed by atoms with van der Waals surface area (Å²) < 4.78 is 17.5. The van der Waals surface area contributed by atoms with Crippen LogP contribution in [0.25, 0.3) is 11.0 Å². The van der Waals surface area contributed by atoms with E-state index in [1.165, 1.54) is 7.11 Å². The number of aryl methyl sites for hydroxylation is 2. The number of hydrogen-bond acceptors (Lipinski definition) is 6. The maximum atomic E-state index is 12.2. The Hall–Kier alpha value is -2.77. The standard InChI is InChI=1S/C19H27N3O5/c1-7-26-15-11-12-14(10-13(15)21-18(24)27-19(2,3)4)22(5)16(20-12)8-9-17(23)25-6/h10-11H,7-9H2,1-6H3,(H,21,24). The van der Waals surface area contributed by atoms with E-state index in [2.05, 4.69) is 15.0 Å². The van der Waals surface area contributed by atoms with E-state index in [1.54, 1.807) is 32.9 Å². The Balaban J connectivity index is 2.35. The van der Waals surface area contributed by atoms with E-state index in [4.69, 9.17) is 9.47 Å². The molecule has 0 radical (unpaired) electrons. The van der Waals surface area contributed by atoms with Gasteiger partial charge in [0.2, 0.25) is 0 Å². The molecule has 2 aromatic rings. The second-order valence-electron chi connectivity index (χ2n) is 7.06. The molecular weight excluding hydrogens is 350 g/mol. The Morgan fingerprint density at radius 3 is 2.56 bits per heavy atom. The zero-order valence-electron chi connectivity index (χ0n) is 16.7. The van der Waals surface area contributed by atoms with Gasteiger partial charge in [0.05, 0.1) is 36.9 Å². The van der Waals surface area contributed by atoms with E-state index in [0.29, 0.717) is 24.5 Å². The maximum Gasteiger partial charge on any atom is 0.412 e. The number of esters is 1. The van der Waals surface area contributed by atoms with Gasteiger partial charge in [-0.1, -0.05) is 0 Å². The van der Waals surface area contributed by atoms with Crippen LogP contribution in [-0.4, -0.2) is 40.9 Å². The van der Waals surface area contributed by atoms with Gasteiger partial charge in [-0.2, -0.15) is 0 Å². The first-order chi connectivity index (χ1) is 12.6. The van der Waals surface area contributed by atoms with Crippen LogP contribution in [0, 0.1) is 0 Å². The molecule has 0 aliphatic heterocycles. The van der Waals surface area contributed by atoms with E-state index >= 15 is 0 Å². The number of ether oxygens (including phenoxy) is 3. The van der Waals surface area contributed by atoms with E-state index in [9.17, 15) is 9.59 Å². The van der Waals surface area contributed by atoms with Gasteiger partial charge in [0.25, 0.3) is 0 Å². The van der Waals surface area contributed by atoms with Crippen molar-refractivity contribution in [2.45, 2.75) is 46.1 Å². The van der Waals surface area contributed by atoms with Crippen LogP contribution in [0.3, 0.4) is 0 Å². The zero-order valence-corrected chi connectivity index (χ0v) is 16.7. The first-order valence-corrected chi connectivity index (χ1v) is 8.83. The second kappa shape index (κ2) is 8.28. The summed E-state index contributed by atoms with van der Waals surface area (Å²) in [6.07, 6.45) is 0.141. The van der Waals surface area contributed by atoms with Gasteiger partial charge >= 0.3 is 12.1 Å². The molecule has 0 saturated carbocycles. The van der Waals surface area contributed by atoms with Crippen molar-refractivity contribution in [1.82, 2.24) is 9.55 Å². The minimum Gasteiger partial charge on any atom is -0.492 e. The van der Waals surface area contributed by atoms with Crippen molar-refractivity contribution >= 4 is 28.8 Å². The maximum absolute atomic E-state index is 12.2. The van der Waals surface area contributed by atoms with Crippen LogP contribution in [0.2, 0.25) is 0 Å². The molecule has 0 bridgehead atoms. The van der Waals surface area contributed by atoms with Crippen LogP contribution in [0.4, 0.5) is 10.5 Å². The third-order valence-corrected chi connectivity index (χ3v) is 3.79. The van der Waals surface area contributed by atoms with E-state index < -0.39 is 11.7 Å². The molecule has 0 saturated heterocycles. The SMILES string of the molecule is CCOc1cc2nc(CCC(=O)OC)n(C)c2cc1NC(=O)OC(C)(C)C. The van der Waals surface area contributed by atoms with Gasteiger partial charge in [0.15, 0.2) is 0 Å². The quantitative estimate of drug-likeness (QED) is 0.776. The number of anilines is 1. The minimum absolute atomic E-state index is 0.245. The van der Waals surface area contributed by atoms with Crippen LogP contribution in [0.5, 0.6) is 5.75 Å². The normalized spacial score (nSPS) is 11.3. The Morgan fingerprint density at radius 1 is 1.26 bits per heavy atom. The lowest BCUT2D eigenvalue weighted by Gasteiger charge is -2.20. The van der Waals surface area contributed by atoms with Crippen molar-refractivity contribution in [2.24, 2.45) is 7.05 Å². The lowest BCUT2D eigenvalue weighted by atomic mass is 10.2. The van der Waals surface area contributed by atoms with Crippen LogP contribution < -0.4 is 10.1 Å². The van der Waals surface area contributed by atoms with E-state index in [-0.39, 0.29) is 12.4 Å². The molecule has 0 aliphatic rings. The van der Waals surface area contributed by atoms with Crippen LogP contribution in [0.1, 0.15) is 39.9 Å². The molecule has 0 fully saturated rings. The second-order valence-corrected chi connectivity index (χ2v) is 7.06. The van der Waals surface area contributed by atoms with Gasteiger partial charge in [0, 0.05) is 19.5 Å². The average molecular weight is 377 g/mol. The molecule has 1 aromatic heterocycles. The molecule has 148 valence electrons. The Labute approximate surface area is 158 Å². The monoisotopic (exact) mass is 377 g/mol. The lowest BCUT2D eigenvalue weighted by Crippen LogP contribution is -2.27. The number of hydrogen-bond donors (Lipinski definition) is 1. The molecule has 1 amide bonds. The molecule has 27 heavy (non-hydrogen) atoms. The molecule has 8 heteroatoms. The van der Waals surface area contributed by atoms with Crippen molar-refractivity contribution in [3.8, 4) is 5.75 Å². The highest BCUT2D eigenvalue weighted by atomic mass is 16.6. The minimum atomic E-state index is -0.604. The van der Waals surface area contributed by atoms with Crippen molar-refractivity contribution in [3.05, 3.63) is 18.0 Å². The molecular formula is C19H27N3O5. The first-order valence-electron chi connectivity index (χ1n) is 8.83. The third-order valence-electron chi connectivity index (χ3n) is 3.79. The molecule has 0 spiro atoms. The number of fused-ring (bicyclic) bond motifs is 1. The summed E-state index contributed by atoms with van der Waals surface area (Å²) in [6, 6.07) is 3.56. The first kappa shape index (κ1) is 20.5. The highest BCUT2D eigenvalue weighted by Crippen LogP contribution is 2.31. The Bertz CT molecular complexity index is 836. The molecule has 0 aliphatic carbocycles. The number of aromatic nitrogens is 2. The number of benzene rings is 1. The fourth-order valence-electron chi connectivity index (χ4n) is 2.59. The fourth-order valence-corrected chi connectivity index (χ4v) is 2.59. The zero-order chi connectivity index (χ0) is 20.2. The predicted octanol–water partition coefficient (Wildman–Crippen LogP) is 3.42. The smallest absolute Gasteiger partial charge is 0.412 e. The number of rotatable bonds is 6. The van der Waals surface area contributed by atoms with Gasteiger partial charge < -0.3 is 18.8 Å². The molecule has 1 heterocycles. The summed E-state index contributed by atoms with van der Waals surface area (Å²) in [5.41, 5.74) is 1.43. The van der Waals surface area contributed by atoms with Gasteiger partial charge in [-0.25, -0.2) is 9.78 Å². The number of carbonyl (C=O) groups excluding carboxylic acids is 2. The molecule has 8 nitrogen and oxygen atoms in total. The number of nitrogens with zero attached hydrogens (tertiary/aromatic N) is 2. The fraction of sp³-hybridized carbons (Fsp3) is 0.526. The highest BCUT2D eigenvalue weighted by Gasteiger charge is 2.19. The number of amides is 1. The molecule has 1 aromatic carbocycles. The number of methoxy groups -OCH3 is 1. The lowest BCUT2D eigenvalue weighted by molar-refractivity contribution is -0.140. The summed E-state index contributed by atoms with van der Waals surface area (Å²) in [4.78, 5) is 28.1. The third kappa shape index (κ3) is 5.35. The summed E-state index contributed by atoms with van der Waals surface area (Å²) in [6.45, 7) is 7.70. The van der Waals surface area contributed by atoms with Crippen molar-refractivity contribution in [3.63, 3.8) is 0 Å². The van der Waals surface area contributed by atoms with Gasteiger partial charge in [0.1, 0.15) is 17.2 Å². The Morgan fingerprint density at radius 2 is 1.96 bits per heavy atom. The topological polar surface area (TPSA) is 91.7 Å². The van der Waals surface area contributed by atoms with Gasteiger partial charge in [-0.3, -0.25) is 10.1 Å². The van der Waals surface area contributed by atoms with E-state index in [1.807, 2.05) is 18.5 Å². The largest absolute Gasteiger partial charge is 0.492 e. The van der Waals surface area contributed by atoms with E-state index in [0.717, 1.165) is 16.9 Å². The molecule has 1 N–H and O–H groups in total. The van der Waals surface area contributed by atoms with Gasteiger partial charge in [-0.05, 0) is 33.8 Å². The van der Waals surface area contributed by atoms with Crippen molar-refractivity contribution in [1.29, 1.82) is 0 Å². The van der Waals surface area contributed by atoms with Crippen LogP contribution in [0.15, 0.2) is 12.1 Å². The summed E-state index contributed by atoms with van der Waals surface area (Å²) in [5.74, 6) is 0.963. The van der Waals surface area contributed by atoms with Crippen molar-refractivity contribution in [2.75, 3.05) is 19.0 Å². The molecule has 2 rings (SSSR count). The molecule has 0 unspecified atom stereocenters. The summed E-state index contributed by atoms with van der Waals surface area (Å²) in [5, 5.41) is 2.74. The van der Waals surface area contributed by atoms with Crippen molar-refractivity contribution < 1.29 is 23.8 Å². The summed E-state index contributed by atoms with van der Waals surface area (Å²) in [7, 11) is 3.22. The number of carbonyl (C=O) groups is 2. The van der Waals surface area contributed by atoms with Crippen LogP contribution in [-0.2, 0) is 27.7 Å².